The van der Waals surface area contributed by atoms with E-state index in [1.807, 2.05) is 46.0 Å². The molecule has 30 heavy (non-hydrogen) atoms. The third-order valence-electron chi connectivity index (χ3n) is 4.94. The van der Waals surface area contributed by atoms with Gasteiger partial charge in [-0.1, -0.05) is 29.8 Å². The third-order valence-corrected chi connectivity index (χ3v) is 6.93. The van der Waals surface area contributed by atoms with Crippen LogP contribution < -0.4 is 10.2 Å². The zero-order chi connectivity index (χ0) is 20.9. The summed E-state index contributed by atoms with van der Waals surface area (Å²) in [5, 5.41) is 7.86. The molecule has 9 heteroatoms. The van der Waals surface area contributed by atoms with E-state index in [9.17, 15) is 9.59 Å². The maximum absolute atomic E-state index is 12.6. The van der Waals surface area contributed by atoms with E-state index < -0.39 is 0 Å². The Hall–Kier alpha value is -2.42. The molecule has 2 aromatic heterocycles. The monoisotopic (exact) mass is 460 g/mol. The fourth-order valence-electron chi connectivity index (χ4n) is 3.34. The molecule has 0 saturated carbocycles. The molecule has 6 nitrogen and oxygen atoms in total. The topological polar surface area (TPSA) is 65.5 Å². The van der Waals surface area contributed by atoms with Crippen molar-refractivity contribution < 1.29 is 9.59 Å². The Morgan fingerprint density at radius 1 is 1.07 bits per heavy atom. The number of hydrogen-bond acceptors (Lipinski definition) is 6. The zero-order valence-electron chi connectivity index (χ0n) is 16.2. The molecule has 1 aromatic carbocycles. The number of hydrogen-bond donors (Lipinski definition) is 1. The van der Waals surface area contributed by atoms with Gasteiger partial charge in [0.1, 0.15) is 0 Å². The van der Waals surface area contributed by atoms with Crippen LogP contribution in [-0.2, 0) is 11.2 Å². The van der Waals surface area contributed by atoms with E-state index >= 15 is 0 Å². The first-order valence-electron chi connectivity index (χ1n) is 9.66. The lowest BCUT2D eigenvalue weighted by atomic mass is 10.2. The predicted molar refractivity (Wildman–Crippen MR) is 123 cm³/mol. The first-order valence-corrected chi connectivity index (χ1v) is 11.8. The van der Waals surface area contributed by atoms with Crippen molar-refractivity contribution in [3.05, 3.63) is 62.8 Å². The maximum atomic E-state index is 12.6. The molecule has 3 aromatic rings. The van der Waals surface area contributed by atoms with Crippen molar-refractivity contribution in [3.8, 4) is 0 Å². The van der Waals surface area contributed by atoms with Gasteiger partial charge in [-0.2, -0.15) is 0 Å². The van der Waals surface area contributed by atoms with Crippen molar-refractivity contribution in [1.82, 2.24) is 9.88 Å². The molecular formula is C21H21ClN4O2S2. The lowest BCUT2D eigenvalue weighted by Crippen LogP contribution is -2.48. The Balaban J connectivity index is 1.24. The summed E-state index contributed by atoms with van der Waals surface area (Å²) in [4.78, 5) is 33.9. The van der Waals surface area contributed by atoms with E-state index in [0.717, 1.165) is 29.5 Å². The average Bonchev–Trinajstić information content (AvgIpc) is 3.45. The number of para-hydroxylation sites is 1. The first-order chi connectivity index (χ1) is 14.6. The summed E-state index contributed by atoms with van der Waals surface area (Å²) in [6.45, 7) is 2.91. The normalized spacial score (nSPS) is 14.0. The van der Waals surface area contributed by atoms with E-state index in [2.05, 4.69) is 15.2 Å². The van der Waals surface area contributed by atoms with Crippen molar-refractivity contribution in [1.29, 1.82) is 0 Å². The minimum atomic E-state index is -0.154. The van der Waals surface area contributed by atoms with Crippen LogP contribution in [0.15, 0.2) is 47.2 Å². The quantitative estimate of drug-likeness (QED) is 0.592. The van der Waals surface area contributed by atoms with Crippen LogP contribution in [0.1, 0.15) is 21.8 Å². The number of halogens is 1. The molecule has 1 aliphatic heterocycles. The van der Waals surface area contributed by atoms with E-state index in [1.54, 1.807) is 6.07 Å². The summed E-state index contributed by atoms with van der Waals surface area (Å²) in [5.74, 6) is -0.0238. The van der Waals surface area contributed by atoms with Crippen molar-refractivity contribution in [3.63, 3.8) is 0 Å². The molecule has 0 bridgehead atoms. The second kappa shape index (κ2) is 9.59. The predicted octanol–water partition coefficient (Wildman–Crippen LogP) is 4.39. The van der Waals surface area contributed by atoms with Gasteiger partial charge in [0.2, 0.25) is 5.91 Å². The molecule has 1 saturated heterocycles. The summed E-state index contributed by atoms with van der Waals surface area (Å²) < 4.78 is 0. The van der Waals surface area contributed by atoms with Gasteiger partial charge in [-0.3, -0.25) is 14.9 Å². The van der Waals surface area contributed by atoms with Gasteiger partial charge < -0.3 is 9.80 Å². The van der Waals surface area contributed by atoms with Crippen LogP contribution in [0.5, 0.6) is 0 Å². The summed E-state index contributed by atoms with van der Waals surface area (Å²) in [6, 6.07) is 11.4. The van der Waals surface area contributed by atoms with Crippen LogP contribution in [0.2, 0.25) is 5.02 Å². The molecule has 1 fully saturated rings. The van der Waals surface area contributed by atoms with Crippen molar-refractivity contribution in [2.75, 3.05) is 36.4 Å². The average molecular weight is 461 g/mol. The Bertz CT molecular complexity index is 1010. The van der Waals surface area contributed by atoms with Crippen molar-refractivity contribution >= 4 is 56.9 Å². The molecule has 0 unspecified atom stereocenters. The highest BCUT2D eigenvalue weighted by Crippen LogP contribution is 2.26. The van der Waals surface area contributed by atoms with Gasteiger partial charge in [0.05, 0.1) is 21.3 Å². The molecule has 0 atom stereocenters. The first kappa shape index (κ1) is 20.8. The molecule has 1 aliphatic rings. The van der Waals surface area contributed by atoms with Crippen LogP contribution in [0.25, 0.3) is 0 Å². The highest BCUT2D eigenvalue weighted by Gasteiger charge is 2.22. The largest absolute Gasteiger partial charge is 0.367 e. The number of anilines is 2. The number of aryl methyl sites for hydroxylation is 1. The van der Waals surface area contributed by atoms with Crippen LogP contribution >= 0.6 is 34.3 Å². The fourth-order valence-corrected chi connectivity index (χ4v) is 4.96. The van der Waals surface area contributed by atoms with Gasteiger partial charge in [0, 0.05) is 38.0 Å². The fraction of sp³-hybridized carbons (Fsp3) is 0.286. The van der Waals surface area contributed by atoms with Crippen LogP contribution in [0, 0.1) is 0 Å². The van der Waals surface area contributed by atoms with Crippen molar-refractivity contribution in [2.45, 2.75) is 12.8 Å². The Morgan fingerprint density at radius 2 is 1.87 bits per heavy atom. The number of carbonyl (C=O) groups excluding carboxylic acids is 2. The van der Waals surface area contributed by atoms with Gasteiger partial charge in [-0.15, -0.1) is 22.7 Å². The molecule has 0 spiro atoms. The Morgan fingerprint density at radius 3 is 2.60 bits per heavy atom. The molecular weight excluding hydrogens is 440 g/mol. The number of piperazine rings is 1. The maximum Gasteiger partial charge on any atom is 0.267 e. The molecule has 156 valence electrons. The number of nitrogens with one attached hydrogen (secondary N) is 1. The molecule has 3 heterocycles. The summed E-state index contributed by atoms with van der Waals surface area (Å²) in [7, 11) is 0. The van der Waals surface area contributed by atoms with Crippen LogP contribution in [0.3, 0.4) is 0 Å². The van der Waals surface area contributed by atoms with Crippen LogP contribution in [-0.4, -0.2) is 47.9 Å². The van der Waals surface area contributed by atoms with Crippen molar-refractivity contribution in [2.24, 2.45) is 0 Å². The number of carbonyl (C=O) groups is 2. The minimum Gasteiger partial charge on any atom is -0.367 e. The third kappa shape index (κ3) is 5.00. The molecule has 0 radical (unpaired) electrons. The molecule has 0 aliphatic carbocycles. The second-order valence-electron chi connectivity index (χ2n) is 6.89. The van der Waals surface area contributed by atoms with E-state index in [1.165, 1.54) is 22.7 Å². The standard InChI is InChI=1S/C21H21ClN4O2S2/c22-16-4-1-2-5-17(16)25-9-11-26(12-10-25)19(27)8-7-15-14-30-21(23-15)24-20(28)18-6-3-13-29-18/h1-6,13-14H,7-12H2,(H,23,24,28). The van der Waals surface area contributed by atoms with E-state index in [0.29, 0.717) is 35.9 Å². The number of thiazole rings is 1. The van der Waals surface area contributed by atoms with Gasteiger partial charge in [0.15, 0.2) is 5.13 Å². The summed E-state index contributed by atoms with van der Waals surface area (Å²) in [5.41, 5.74) is 1.84. The Labute approximate surface area is 188 Å². The molecule has 1 N–H and O–H groups in total. The number of benzene rings is 1. The number of rotatable bonds is 6. The molecule has 4 rings (SSSR count). The van der Waals surface area contributed by atoms with Gasteiger partial charge >= 0.3 is 0 Å². The molecule has 2 amide bonds. The number of thiophene rings is 1. The number of amides is 2. The van der Waals surface area contributed by atoms with Gasteiger partial charge in [-0.05, 0) is 30.0 Å². The highest BCUT2D eigenvalue weighted by molar-refractivity contribution is 7.14. The van der Waals surface area contributed by atoms with E-state index in [-0.39, 0.29) is 11.8 Å². The lowest BCUT2D eigenvalue weighted by Gasteiger charge is -2.36. The zero-order valence-corrected chi connectivity index (χ0v) is 18.6. The van der Waals surface area contributed by atoms with E-state index in [4.69, 9.17) is 11.6 Å². The van der Waals surface area contributed by atoms with Gasteiger partial charge in [0.25, 0.3) is 5.91 Å². The SMILES string of the molecule is O=C(Nc1nc(CCC(=O)N2CCN(c3ccccc3Cl)CC2)cs1)c1cccs1. The number of aromatic nitrogens is 1. The summed E-state index contributed by atoms with van der Waals surface area (Å²) >= 11 is 9.05. The summed E-state index contributed by atoms with van der Waals surface area (Å²) in [6.07, 6.45) is 0.975. The smallest absolute Gasteiger partial charge is 0.267 e. The minimum absolute atomic E-state index is 0.131. The van der Waals surface area contributed by atoms with Gasteiger partial charge in [-0.25, -0.2) is 4.98 Å². The van der Waals surface area contributed by atoms with Crippen LogP contribution in [0.4, 0.5) is 10.8 Å². The number of nitrogens with zero attached hydrogens (tertiary/aromatic N) is 3. The highest BCUT2D eigenvalue weighted by atomic mass is 35.5. The second-order valence-corrected chi connectivity index (χ2v) is 9.11. The lowest BCUT2D eigenvalue weighted by molar-refractivity contribution is -0.131. The Kier molecular flexibility index (Phi) is 6.66.